The zero-order valence-electron chi connectivity index (χ0n) is 11.0. The van der Waals surface area contributed by atoms with E-state index in [4.69, 9.17) is 17.3 Å². The molecule has 0 saturated carbocycles. The first-order valence-electron chi connectivity index (χ1n) is 6.68. The summed E-state index contributed by atoms with van der Waals surface area (Å²) in [5, 5.41) is 1.87. The normalized spacial score (nSPS) is 23.8. The summed E-state index contributed by atoms with van der Waals surface area (Å²) in [5.74, 6) is 0.624. The van der Waals surface area contributed by atoms with Gasteiger partial charge in [0, 0.05) is 41.4 Å². The Morgan fingerprint density at radius 1 is 1.32 bits per heavy atom. The van der Waals surface area contributed by atoms with Crippen LogP contribution in [0.25, 0.3) is 10.9 Å². The molecule has 2 aromatic rings. The SMILES string of the molecule is CC1CC(N)CN(c2ccnc3cc(Cl)ccc23)C1. The Hall–Kier alpha value is -1.32. The predicted molar refractivity (Wildman–Crippen MR) is 80.7 cm³/mol. The Labute approximate surface area is 118 Å². The second-order valence-electron chi connectivity index (χ2n) is 5.50. The number of aromatic nitrogens is 1. The fourth-order valence-corrected chi connectivity index (χ4v) is 3.14. The Morgan fingerprint density at radius 2 is 2.16 bits per heavy atom. The third-order valence-electron chi connectivity index (χ3n) is 3.71. The molecule has 100 valence electrons. The molecule has 0 aliphatic carbocycles. The molecule has 3 nitrogen and oxygen atoms in total. The van der Waals surface area contributed by atoms with E-state index in [0.717, 1.165) is 35.4 Å². The minimum atomic E-state index is 0.249. The van der Waals surface area contributed by atoms with Crippen molar-refractivity contribution in [2.75, 3.05) is 18.0 Å². The van der Waals surface area contributed by atoms with E-state index in [-0.39, 0.29) is 6.04 Å². The van der Waals surface area contributed by atoms with Crippen molar-refractivity contribution in [1.82, 2.24) is 4.98 Å². The first-order chi connectivity index (χ1) is 9.13. The van der Waals surface area contributed by atoms with Crippen LogP contribution in [-0.2, 0) is 0 Å². The largest absolute Gasteiger partial charge is 0.369 e. The van der Waals surface area contributed by atoms with E-state index in [2.05, 4.69) is 22.9 Å². The van der Waals surface area contributed by atoms with Crippen LogP contribution >= 0.6 is 11.6 Å². The second kappa shape index (κ2) is 4.99. The lowest BCUT2D eigenvalue weighted by atomic mass is 9.96. The van der Waals surface area contributed by atoms with Crippen molar-refractivity contribution < 1.29 is 0 Å². The highest BCUT2D eigenvalue weighted by Gasteiger charge is 2.23. The highest BCUT2D eigenvalue weighted by Crippen LogP contribution is 2.30. The second-order valence-corrected chi connectivity index (χ2v) is 5.93. The molecule has 0 spiro atoms. The molecule has 0 bridgehead atoms. The molecule has 1 fully saturated rings. The number of fused-ring (bicyclic) bond motifs is 1. The maximum Gasteiger partial charge on any atom is 0.0737 e. The number of nitrogens with two attached hydrogens (primary N) is 1. The molecule has 2 unspecified atom stereocenters. The van der Waals surface area contributed by atoms with Crippen molar-refractivity contribution in [3.8, 4) is 0 Å². The molecule has 1 saturated heterocycles. The molecule has 0 radical (unpaired) electrons. The van der Waals surface area contributed by atoms with Gasteiger partial charge in [-0.05, 0) is 36.6 Å². The number of hydrogen-bond donors (Lipinski definition) is 1. The number of halogens is 1. The number of hydrogen-bond acceptors (Lipinski definition) is 3. The van der Waals surface area contributed by atoms with Gasteiger partial charge in [0.05, 0.1) is 5.52 Å². The number of piperidine rings is 1. The lowest BCUT2D eigenvalue weighted by Gasteiger charge is -2.36. The minimum Gasteiger partial charge on any atom is -0.369 e. The summed E-state index contributed by atoms with van der Waals surface area (Å²) in [5.41, 5.74) is 8.30. The fourth-order valence-electron chi connectivity index (χ4n) is 2.98. The molecular formula is C15H18ClN3. The summed E-state index contributed by atoms with van der Waals surface area (Å²) in [4.78, 5) is 6.77. The zero-order chi connectivity index (χ0) is 13.4. The van der Waals surface area contributed by atoms with Gasteiger partial charge in [-0.25, -0.2) is 0 Å². The third kappa shape index (κ3) is 2.53. The van der Waals surface area contributed by atoms with Crippen LogP contribution in [-0.4, -0.2) is 24.1 Å². The van der Waals surface area contributed by atoms with Crippen LogP contribution in [0.1, 0.15) is 13.3 Å². The molecular weight excluding hydrogens is 258 g/mol. The van der Waals surface area contributed by atoms with Crippen LogP contribution in [0.2, 0.25) is 5.02 Å². The van der Waals surface area contributed by atoms with Crippen molar-refractivity contribution in [2.24, 2.45) is 11.7 Å². The van der Waals surface area contributed by atoms with E-state index < -0.39 is 0 Å². The minimum absolute atomic E-state index is 0.249. The van der Waals surface area contributed by atoms with Gasteiger partial charge in [0.2, 0.25) is 0 Å². The highest BCUT2D eigenvalue weighted by molar-refractivity contribution is 6.31. The van der Waals surface area contributed by atoms with Crippen LogP contribution in [0.4, 0.5) is 5.69 Å². The summed E-state index contributed by atoms with van der Waals surface area (Å²) in [6, 6.07) is 8.20. The summed E-state index contributed by atoms with van der Waals surface area (Å²) in [7, 11) is 0. The van der Waals surface area contributed by atoms with E-state index in [1.54, 1.807) is 0 Å². The van der Waals surface area contributed by atoms with Gasteiger partial charge < -0.3 is 10.6 Å². The molecule has 3 rings (SSSR count). The van der Waals surface area contributed by atoms with Gasteiger partial charge in [-0.1, -0.05) is 18.5 Å². The fraction of sp³-hybridized carbons (Fsp3) is 0.400. The van der Waals surface area contributed by atoms with Crippen molar-refractivity contribution in [3.63, 3.8) is 0 Å². The third-order valence-corrected chi connectivity index (χ3v) is 3.95. The molecule has 2 heterocycles. The monoisotopic (exact) mass is 275 g/mol. The topological polar surface area (TPSA) is 42.1 Å². The predicted octanol–water partition coefficient (Wildman–Crippen LogP) is 3.06. The van der Waals surface area contributed by atoms with Crippen LogP contribution in [0.3, 0.4) is 0 Å². The molecule has 1 aromatic carbocycles. The van der Waals surface area contributed by atoms with Crippen LogP contribution in [0.5, 0.6) is 0 Å². The van der Waals surface area contributed by atoms with E-state index in [9.17, 15) is 0 Å². The number of nitrogens with zero attached hydrogens (tertiary/aromatic N) is 2. The Bertz CT molecular complexity index is 589. The first-order valence-corrected chi connectivity index (χ1v) is 7.06. The van der Waals surface area contributed by atoms with E-state index in [1.807, 2.05) is 24.4 Å². The first kappa shape index (κ1) is 12.7. The van der Waals surface area contributed by atoms with Gasteiger partial charge in [0.1, 0.15) is 0 Å². The van der Waals surface area contributed by atoms with Gasteiger partial charge in [-0.15, -0.1) is 0 Å². The summed E-state index contributed by atoms with van der Waals surface area (Å²) < 4.78 is 0. The Balaban J connectivity index is 2.04. The summed E-state index contributed by atoms with van der Waals surface area (Å²) >= 11 is 6.03. The van der Waals surface area contributed by atoms with Crippen LogP contribution in [0, 0.1) is 5.92 Å². The maximum absolute atomic E-state index is 6.14. The molecule has 2 atom stereocenters. The van der Waals surface area contributed by atoms with Crippen molar-refractivity contribution >= 4 is 28.2 Å². The van der Waals surface area contributed by atoms with Crippen molar-refractivity contribution in [1.29, 1.82) is 0 Å². The van der Waals surface area contributed by atoms with E-state index >= 15 is 0 Å². The van der Waals surface area contributed by atoms with Crippen molar-refractivity contribution in [2.45, 2.75) is 19.4 Å². The average Bonchev–Trinajstić information content (AvgIpc) is 2.36. The maximum atomic E-state index is 6.14. The number of rotatable bonds is 1. The Kier molecular flexibility index (Phi) is 3.33. The van der Waals surface area contributed by atoms with Crippen LogP contribution in [0.15, 0.2) is 30.5 Å². The molecule has 2 N–H and O–H groups in total. The van der Waals surface area contributed by atoms with Gasteiger partial charge >= 0.3 is 0 Å². The molecule has 1 aromatic heterocycles. The Morgan fingerprint density at radius 3 is 2.95 bits per heavy atom. The molecule has 4 heteroatoms. The average molecular weight is 276 g/mol. The lowest BCUT2D eigenvalue weighted by molar-refractivity contribution is 0.402. The summed E-state index contributed by atoms with van der Waals surface area (Å²) in [6.45, 7) is 4.22. The van der Waals surface area contributed by atoms with E-state index in [1.165, 1.54) is 5.69 Å². The zero-order valence-corrected chi connectivity index (χ0v) is 11.8. The lowest BCUT2D eigenvalue weighted by Crippen LogP contribution is -2.46. The number of benzene rings is 1. The van der Waals surface area contributed by atoms with Gasteiger partial charge in [-0.2, -0.15) is 0 Å². The molecule has 1 aliphatic heterocycles. The van der Waals surface area contributed by atoms with Crippen molar-refractivity contribution in [3.05, 3.63) is 35.5 Å². The van der Waals surface area contributed by atoms with Gasteiger partial charge in [-0.3, -0.25) is 4.98 Å². The quantitative estimate of drug-likeness (QED) is 0.870. The number of anilines is 1. The molecule has 1 aliphatic rings. The van der Waals surface area contributed by atoms with Gasteiger partial charge in [0.15, 0.2) is 0 Å². The summed E-state index contributed by atoms with van der Waals surface area (Å²) in [6.07, 6.45) is 2.95. The number of pyridine rings is 1. The van der Waals surface area contributed by atoms with E-state index in [0.29, 0.717) is 5.92 Å². The molecule has 0 amide bonds. The smallest absolute Gasteiger partial charge is 0.0737 e. The van der Waals surface area contributed by atoms with Crippen LogP contribution < -0.4 is 10.6 Å². The molecule has 19 heavy (non-hydrogen) atoms. The highest BCUT2D eigenvalue weighted by atomic mass is 35.5. The van der Waals surface area contributed by atoms with Gasteiger partial charge in [0.25, 0.3) is 0 Å². The standard InChI is InChI=1S/C15H18ClN3/c1-10-6-12(17)9-19(8-10)15-4-5-18-14-7-11(16)2-3-13(14)15/h2-5,7,10,12H,6,8-9,17H2,1H3.